The van der Waals surface area contributed by atoms with E-state index in [4.69, 9.17) is 4.84 Å². The van der Waals surface area contributed by atoms with Crippen molar-refractivity contribution in [2.24, 2.45) is 5.16 Å². The Morgan fingerprint density at radius 3 is 2.26 bits per heavy atom. The van der Waals surface area contributed by atoms with Crippen molar-refractivity contribution in [3.63, 3.8) is 0 Å². The molecule has 31 heavy (non-hydrogen) atoms. The van der Waals surface area contributed by atoms with Crippen molar-refractivity contribution >= 4 is 17.5 Å². The SMILES string of the molecule is CCCCC(=O)O/N=C(/CCC)C(=O)c1ccc2c(c1)C(CC)(CC)c1ccccc1-2. The minimum absolute atomic E-state index is 0.0864. The van der Waals surface area contributed by atoms with E-state index in [9.17, 15) is 9.59 Å². The summed E-state index contributed by atoms with van der Waals surface area (Å²) in [6.45, 7) is 8.43. The summed E-state index contributed by atoms with van der Waals surface area (Å²) in [6.07, 6.45) is 5.15. The molecule has 0 radical (unpaired) electrons. The average Bonchev–Trinajstić information content (AvgIpc) is 3.09. The Balaban J connectivity index is 1.96. The Kier molecular flexibility index (Phi) is 7.42. The van der Waals surface area contributed by atoms with Crippen molar-refractivity contribution in [2.45, 2.75) is 78.1 Å². The van der Waals surface area contributed by atoms with Crippen LogP contribution in [0.2, 0.25) is 0 Å². The van der Waals surface area contributed by atoms with E-state index in [0.29, 0.717) is 24.1 Å². The molecule has 0 bridgehead atoms. The fourth-order valence-corrected chi connectivity index (χ4v) is 4.69. The van der Waals surface area contributed by atoms with Gasteiger partial charge < -0.3 is 4.84 Å². The van der Waals surface area contributed by atoms with Crippen LogP contribution >= 0.6 is 0 Å². The predicted molar refractivity (Wildman–Crippen MR) is 126 cm³/mol. The number of hydrogen-bond acceptors (Lipinski definition) is 4. The Hall–Kier alpha value is -2.75. The molecule has 0 atom stereocenters. The van der Waals surface area contributed by atoms with E-state index < -0.39 is 0 Å². The van der Waals surface area contributed by atoms with Crippen LogP contribution in [0.15, 0.2) is 47.6 Å². The minimum atomic E-state index is -0.386. The quantitative estimate of drug-likeness (QED) is 0.183. The van der Waals surface area contributed by atoms with Crippen molar-refractivity contribution in [2.75, 3.05) is 0 Å². The number of benzene rings is 2. The molecule has 0 saturated heterocycles. The third kappa shape index (κ3) is 4.34. The van der Waals surface area contributed by atoms with Gasteiger partial charge in [0.25, 0.3) is 0 Å². The second-order valence-corrected chi connectivity index (χ2v) is 8.28. The van der Waals surface area contributed by atoms with Crippen LogP contribution in [0.4, 0.5) is 0 Å². The summed E-state index contributed by atoms with van der Waals surface area (Å²) in [5.41, 5.74) is 5.84. The molecule has 1 aliphatic carbocycles. The summed E-state index contributed by atoms with van der Waals surface area (Å²) in [6, 6.07) is 14.5. The molecule has 0 unspecified atom stereocenters. The standard InChI is InChI=1S/C27H33NO3/c1-5-9-15-25(29)31-28-24(12-6-2)26(30)19-16-17-21-20-13-10-11-14-22(20)27(7-3,8-4)23(21)18-19/h10-11,13-14,16-18H,5-9,12,15H2,1-4H3/b28-24-. The van der Waals surface area contributed by atoms with E-state index >= 15 is 0 Å². The van der Waals surface area contributed by atoms with Crippen molar-refractivity contribution in [3.05, 3.63) is 59.2 Å². The molecule has 3 rings (SSSR count). The lowest BCUT2D eigenvalue weighted by molar-refractivity contribution is -0.143. The Labute approximate surface area is 185 Å². The average molecular weight is 420 g/mol. The molecular formula is C27H33NO3. The number of oxime groups is 1. The van der Waals surface area contributed by atoms with Crippen molar-refractivity contribution in [1.82, 2.24) is 0 Å². The fraction of sp³-hybridized carbons (Fsp3) is 0.444. The molecule has 0 amide bonds. The van der Waals surface area contributed by atoms with Gasteiger partial charge in [0.05, 0.1) is 0 Å². The van der Waals surface area contributed by atoms with Gasteiger partial charge in [-0.05, 0) is 54.0 Å². The van der Waals surface area contributed by atoms with E-state index in [-0.39, 0.29) is 17.2 Å². The molecule has 2 aromatic rings. The highest BCUT2D eigenvalue weighted by Crippen LogP contribution is 2.52. The van der Waals surface area contributed by atoms with Crippen molar-refractivity contribution in [3.8, 4) is 11.1 Å². The maximum absolute atomic E-state index is 13.3. The zero-order valence-electron chi connectivity index (χ0n) is 19.2. The zero-order chi connectivity index (χ0) is 22.4. The van der Waals surface area contributed by atoms with Crippen molar-refractivity contribution < 1.29 is 14.4 Å². The van der Waals surface area contributed by atoms with E-state index in [0.717, 1.165) is 32.1 Å². The summed E-state index contributed by atoms with van der Waals surface area (Å²) < 4.78 is 0. The number of Topliss-reactive ketones (excluding diaryl/α,β-unsaturated/α-hetero) is 1. The van der Waals surface area contributed by atoms with E-state index in [1.807, 2.05) is 26.0 Å². The minimum Gasteiger partial charge on any atom is -0.318 e. The first-order valence-electron chi connectivity index (χ1n) is 11.6. The van der Waals surface area contributed by atoms with Gasteiger partial charge in [0.2, 0.25) is 5.78 Å². The number of carbonyl (C=O) groups is 2. The van der Waals surface area contributed by atoms with Crippen LogP contribution in [0.25, 0.3) is 11.1 Å². The van der Waals surface area contributed by atoms with E-state index in [1.165, 1.54) is 22.3 Å². The number of carbonyl (C=O) groups excluding carboxylic acids is 2. The molecular weight excluding hydrogens is 386 g/mol. The van der Waals surface area contributed by atoms with Crippen molar-refractivity contribution in [1.29, 1.82) is 0 Å². The largest absolute Gasteiger partial charge is 0.335 e. The lowest BCUT2D eigenvalue weighted by Crippen LogP contribution is -2.24. The van der Waals surface area contributed by atoms with Gasteiger partial charge in [-0.25, -0.2) is 4.79 Å². The van der Waals surface area contributed by atoms with E-state index in [2.05, 4.69) is 49.3 Å². The monoisotopic (exact) mass is 419 g/mol. The Bertz CT molecular complexity index is 986. The van der Waals surface area contributed by atoms with Crippen LogP contribution in [0, 0.1) is 0 Å². The van der Waals surface area contributed by atoms with Gasteiger partial charge in [-0.3, -0.25) is 4.79 Å². The topological polar surface area (TPSA) is 55.7 Å². The highest BCUT2D eigenvalue weighted by atomic mass is 16.7. The number of rotatable bonds is 10. The predicted octanol–water partition coefficient (Wildman–Crippen LogP) is 6.85. The van der Waals surface area contributed by atoms with Gasteiger partial charge >= 0.3 is 5.97 Å². The normalized spacial score (nSPS) is 14.1. The van der Waals surface area contributed by atoms with Gasteiger partial charge in [0.15, 0.2) is 0 Å². The van der Waals surface area contributed by atoms with Gasteiger partial charge in [-0.15, -0.1) is 0 Å². The molecule has 0 spiro atoms. The molecule has 0 aliphatic heterocycles. The summed E-state index contributed by atoms with van der Waals surface area (Å²) in [5.74, 6) is -0.548. The molecule has 4 heteroatoms. The first kappa shape index (κ1) is 22.9. The lowest BCUT2D eigenvalue weighted by Gasteiger charge is -2.29. The van der Waals surface area contributed by atoms with Gasteiger partial charge in [-0.2, -0.15) is 0 Å². The molecule has 2 aromatic carbocycles. The summed E-state index contributed by atoms with van der Waals surface area (Å²) in [5, 5.41) is 3.97. The van der Waals surface area contributed by atoms with Crippen LogP contribution in [0.5, 0.6) is 0 Å². The summed E-state index contributed by atoms with van der Waals surface area (Å²) in [7, 11) is 0. The number of fused-ring (bicyclic) bond motifs is 3. The molecule has 164 valence electrons. The summed E-state index contributed by atoms with van der Waals surface area (Å²) in [4.78, 5) is 30.2. The number of hydrogen-bond donors (Lipinski definition) is 0. The second kappa shape index (κ2) is 10.0. The summed E-state index contributed by atoms with van der Waals surface area (Å²) >= 11 is 0. The van der Waals surface area contributed by atoms with Crippen LogP contribution < -0.4 is 0 Å². The van der Waals surface area contributed by atoms with Gasteiger partial charge in [0.1, 0.15) is 5.71 Å². The molecule has 0 heterocycles. The first-order valence-corrected chi connectivity index (χ1v) is 11.6. The molecule has 1 aliphatic rings. The van der Waals surface area contributed by atoms with Gasteiger partial charge in [0, 0.05) is 17.4 Å². The third-order valence-corrected chi connectivity index (χ3v) is 6.48. The maximum atomic E-state index is 13.3. The van der Waals surface area contributed by atoms with Crippen LogP contribution in [0.3, 0.4) is 0 Å². The third-order valence-electron chi connectivity index (χ3n) is 6.48. The highest BCUT2D eigenvalue weighted by Gasteiger charge is 2.40. The lowest BCUT2D eigenvalue weighted by atomic mass is 9.73. The van der Waals surface area contributed by atoms with Gasteiger partial charge in [-0.1, -0.05) is 82.1 Å². The molecule has 0 N–H and O–H groups in total. The molecule has 4 nitrogen and oxygen atoms in total. The Morgan fingerprint density at radius 2 is 1.58 bits per heavy atom. The fourth-order valence-electron chi connectivity index (χ4n) is 4.69. The first-order chi connectivity index (χ1) is 15.0. The molecule has 0 saturated carbocycles. The number of nitrogens with zero attached hydrogens (tertiary/aromatic N) is 1. The number of ketones is 1. The molecule has 0 fully saturated rings. The van der Waals surface area contributed by atoms with E-state index in [1.54, 1.807) is 0 Å². The van der Waals surface area contributed by atoms with Crippen LogP contribution in [-0.2, 0) is 15.0 Å². The zero-order valence-corrected chi connectivity index (χ0v) is 19.2. The second-order valence-electron chi connectivity index (χ2n) is 8.28. The maximum Gasteiger partial charge on any atom is 0.335 e. The Morgan fingerprint density at radius 1 is 0.871 bits per heavy atom. The smallest absolute Gasteiger partial charge is 0.318 e. The van der Waals surface area contributed by atoms with Crippen LogP contribution in [0.1, 0.15) is 94.1 Å². The molecule has 0 aromatic heterocycles. The number of unbranched alkanes of at least 4 members (excludes halogenated alkanes) is 1. The highest BCUT2D eigenvalue weighted by molar-refractivity contribution is 6.46. The van der Waals surface area contributed by atoms with Crippen LogP contribution in [-0.4, -0.2) is 17.5 Å².